The first kappa shape index (κ1) is 41.2. The number of likely N-dealkylation sites (tertiary alicyclic amines) is 1. The van der Waals surface area contributed by atoms with E-state index in [9.17, 15) is 19.2 Å². The summed E-state index contributed by atoms with van der Waals surface area (Å²) in [7, 11) is 4.89. The zero-order valence-electron chi connectivity index (χ0n) is 31.1. The lowest BCUT2D eigenvalue weighted by molar-refractivity contribution is -0.148. The molecule has 11 heteroatoms. The van der Waals surface area contributed by atoms with Crippen LogP contribution in [0.3, 0.4) is 0 Å². The number of hydrogen-bond donors (Lipinski definition) is 3. The third kappa shape index (κ3) is 10.7. The third-order valence-electron chi connectivity index (χ3n) is 10.2. The van der Waals surface area contributed by atoms with Crippen LogP contribution in [0.15, 0.2) is 30.3 Å². The van der Waals surface area contributed by atoms with Crippen molar-refractivity contribution in [3.05, 3.63) is 35.9 Å². The van der Waals surface area contributed by atoms with Gasteiger partial charge in [-0.05, 0) is 50.5 Å². The second kappa shape index (κ2) is 19.2. The maximum atomic E-state index is 14.0. The minimum atomic E-state index is -0.823. The Labute approximate surface area is 289 Å². The quantitative estimate of drug-likeness (QED) is 0.204. The average molecular weight is 674 g/mol. The molecule has 11 nitrogen and oxygen atoms in total. The van der Waals surface area contributed by atoms with Crippen LogP contribution < -0.4 is 16.4 Å². The molecular formula is C37H63N5O6. The number of nitrogens with two attached hydrogens (primary N) is 1. The smallest absolute Gasteiger partial charge is 0.245 e. The zero-order valence-corrected chi connectivity index (χ0v) is 31.1. The van der Waals surface area contributed by atoms with Crippen molar-refractivity contribution < 1.29 is 28.7 Å². The Kier molecular flexibility index (Phi) is 16.5. The van der Waals surface area contributed by atoms with Crippen molar-refractivity contribution in [1.29, 1.82) is 0 Å². The molecule has 48 heavy (non-hydrogen) atoms. The van der Waals surface area contributed by atoms with E-state index in [1.165, 1.54) is 0 Å². The molecule has 6 unspecified atom stereocenters. The average Bonchev–Trinajstić information content (AvgIpc) is 3.56. The molecule has 0 spiro atoms. The Morgan fingerprint density at radius 3 is 2.25 bits per heavy atom. The molecule has 4 N–H and O–H groups in total. The molecule has 1 heterocycles. The van der Waals surface area contributed by atoms with Crippen LogP contribution in [-0.2, 0) is 35.1 Å². The van der Waals surface area contributed by atoms with Crippen LogP contribution in [0.2, 0.25) is 0 Å². The summed E-state index contributed by atoms with van der Waals surface area (Å²) in [6.07, 6.45) is 2.01. The molecule has 0 saturated carbocycles. The van der Waals surface area contributed by atoms with E-state index in [2.05, 4.69) is 10.6 Å². The van der Waals surface area contributed by atoms with E-state index in [-0.39, 0.29) is 54.5 Å². The maximum absolute atomic E-state index is 14.0. The summed E-state index contributed by atoms with van der Waals surface area (Å²) in [5.41, 5.74) is 6.16. The fraction of sp³-hybridized carbons (Fsp3) is 0.730. The predicted molar refractivity (Wildman–Crippen MR) is 189 cm³/mol. The van der Waals surface area contributed by atoms with Crippen LogP contribution in [0.25, 0.3) is 0 Å². The lowest BCUT2D eigenvalue weighted by Crippen LogP contribution is -2.59. The number of nitrogens with one attached hydrogen (secondary N) is 2. The number of carbonyl (C=O) groups is 4. The SMILES string of the molecule is CCC(C)C(C(CC(=O)N1CCC[C@H]1C(OC)C(C)C(=O)NCCc1ccccc1)OC)N(C)C(=O)C(NC(=O)C(C)(C)CN)C(C)C. The fourth-order valence-electron chi connectivity index (χ4n) is 6.60. The van der Waals surface area contributed by atoms with Crippen molar-refractivity contribution in [3.8, 4) is 0 Å². The van der Waals surface area contributed by atoms with E-state index >= 15 is 0 Å². The van der Waals surface area contributed by atoms with E-state index in [1.807, 2.05) is 69.9 Å². The molecule has 0 aromatic heterocycles. The third-order valence-corrected chi connectivity index (χ3v) is 10.2. The van der Waals surface area contributed by atoms with Gasteiger partial charge in [-0.2, -0.15) is 0 Å². The zero-order chi connectivity index (χ0) is 36.2. The largest absolute Gasteiger partial charge is 0.379 e. The lowest BCUT2D eigenvalue weighted by Gasteiger charge is -2.41. The molecule has 1 aliphatic heterocycles. The van der Waals surface area contributed by atoms with Crippen molar-refractivity contribution in [2.45, 2.75) is 111 Å². The molecule has 1 aromatic rings. The summed E-state index contributed by atoms with van der Waals surface area (Å²) in [5, 5.41) is 5.97. The van der Waals surface area contributed by atoms with Crippen molar-refractivity contribution in [2.75, 3.05) is 40.9 Å². The predicted octanol–water partition coefficient (Wildman–Crippen LogP) is 3.39. The van der Waals surface area contributed by atoms with Gasteiger partial charge in [-0.15, -0.1) is 0 Å². The van der Waals surface area contributed by atoms with Gasteiger partial charge in [0, 0.05) is 40.9 Å². The molecule has 0 radical (unpaired) electrons. The Morgan fingerprint density at radius 1 is 1.06 bits per heavy atom. The van der Waals surface area contributed by atoms with Gasteiger partial charge in [-0.1, -0.05) is 71.4 Å². The van der Waals surface area contributed by atoms with Crippen molar-refractivity contribution >= 4 is 23.6 Å². The highest BCUT2D eigenvalue weighted by atomic mass is 16.5. The highest BCUT2D eigenvalue weighted by Gasteiger charge is 2.43. The van der Waals surface area contributed by atoms with Gasteiger partial charge >= 0.3 is 0 Å². The van der Waals surface area contributed by atoms with Crippen LogP contribution in [0.5, 0.6) is 0 Å². The minimum Gasteiger partial charge on any atom is -0.379 e. The molecule has 0 aliphatic carbocycles. The molecule has 7 atom stereocenters. The molecule has 1 aliphatic rings. The summed E-state index contributed by atoms with van der Waals surface area (Å²) in [5.74, 6) is -1.37. The van der Waals surface area contributed by atoms with Gasteiger partial charge in [0.2, 0.25) is 23.6 Å². The number of methoxy groups -OCH3 is 2. The Hall–Kier alpha value is -3.02. The molecular weight excluding hydrogens is 610 g/mol. The van der Waals surface area contributed by atoms with Gasteiger partial charge in [-0.3, -0.25) is 19.2 Å². The highest BCUT2D eigenvalue weighted by Crippen LogP contribution is 2.29. The van der Waals surface area contributed by atoms with E-state index in [0.717, 1.165) is 31.2 Å². The number of carbonyl (C=O) groups excluding carboxylic acids is 4. The monoisotopic (exact) mass is 673 g/mol. The molecule has 0 bridgehead atoms. The fourth-order valence-corrected chi connectivity index (χ4v) is 6.60. The van der Waals surface area contributed by atoms with E-state index in [0.29, 0.717) is 13.1 Å². The Balaban J connectivity index is 2.20. The van der Waals surface area contributed by atoms with Crippen LogP contribution in [0.1, 0.15) is 79.7 Å². The van der Waals surface area contributed by atoms with Gasteiger partial charge in [0.25, 0.3) is 0 Å². The van der Waals surface area contributed by atoms with Crippen LogP contribution >= 0.6 is 0 Å². The number of ether oxygens (including phenoxy) is 2. The number of nitrogens with zero attached hydrogens (tertiary/aromatic N) is 2. The number of benzene rings is 1. The van der Waals surface area contributed by atoms with Gasteiger partial charge < -0.3 is 35.6 Å². The molecule has 4 amide bonds. The van der Waals surface area contributed by atoms with Crippen LogP contribution in [-0.4, -0.2) is 105 Å². The number of likely N-dealkylation sites (N-methyl/N-ethyl adjacent to an activating group) is 1. The van der Waals surface area contributed by atoms with Gasteiger partial charge in [0.05, 0.1) is 42.0 Å². The minimum absolute atomic E-state index is 0.00130. The first-order valence-electron chi connectivity index (χ1n) is 17.6. The summed E-state index contributed by atoms with van der Waals surface area (Å²) >= 11 is 0. The van der Waals surface area contributed by atoms with Gasteiger partial charge in [0.1, 0.15) is 6.04 Å². The van der Waals surface area contributed by atoms with E-state index in [4.69, 9.17) is 15.2 Å². The van der Waals surface area contributed by atoms with Crippen molar-refractivity contribution in [3.63, 3.8) is 0 Å². The molecule has 272 valence electrons. The summed E-state index contributed by atoms with van der Waals surface area (Å²) in [6.45, 7) is 14.5. The molecule has 1 aromatic carbocycles. The first-order valence-corrected chi connectivity index (χ1v) is 17.6. The Bertz CT molecular complexity index is 1180. The number of amides is 4. The first-order chi connectivity index (χ1) is 22.6. The van der Waals surface area contributed by atoms with Crippen LogP contribution in [0.4, 0.5) is 0 Å². The number of rotatable bonds is 19. The molecule has 2 rings (SSSR count). The summed E-state index contributed by atoms with van der Waals surface area (Å²) in [4.78, 5) is 57.7. The number of hydrogen-bond acceptors (Lipinski definition) is 7. The van der Waals surface area contributed by atoms with Crippen LogP contribution in [0, 0.1) is 23.2 Å². The summed E-state index contributed by atoms with van der Waals surface area (Å²) < 4.78 is 11.9. The van der Waals surface area contributed by atoms with Gasteiger partial charge in [0.15, 0.2) is 0 Å². The second-order valence-corrected chi connectivity index (χ2v) is 14.4. The normalized spacial score (nSPS) is 18.8. The topological polar surface area (TPSA) is 143 Å². The maximum Gasteiger partial charge on any atom is 0.245 e. The second-order valence-electron chi connectivity index (χ2n) is 14.4. The van der Waals surface area contributed by atoms with Crippen molar-refractivity contribution in [1.82, 2.24) is 20.4 Å². The Morgan fingerprint density at radius 2 is 1.71 bits per heavy atom. The lowest BCUT2D eigenvalue weighted by atomic mass is 9.88. The van der Waals surface area contributed by atoms with Gasteiger partial charge in [-0.25, -0.2) is 0 Å². The van der Waals surface area contributed by atoms with E-state index in [1.54, 1.807) is 40.0 Å². The van der Waals surface area contributed by atoms with E-state index < -0.39 is 35.6 Å². The summed E-state index contributed by atoms with van der Waals surface area (Å²) in [6, 6.07) is 8.55. The molecule has 1 saturated heterocycles. The highest BCUT2D eigenvalue weighted by molar-refractivity contribution is 5.90. The van der Waals surface area contributed by atoms with Crippen molar-refractivity contribution in [2.24, 2.45) is 28.9 Å². The standard InChI is InChI=1S/C37H63N5O6/c1-11-25(4)32(41(8)35(45)31(24(2)3)40-36(46)37(6,7)23-38)29(47-9)22-30(43)42-21-15-18-28(42)33(48-10)26(5)34(44)39-20-19-27-16-13-12-14-17-27/h12-14,16-17,24-26,28-29,31-33H,11,15,18-23,38H2,1-10H3,(H,39,44)(H,40,46)/t25?,26?,28-,29?,31?,32?,33?/m0/s1. The molecule has 1 fully saturated rings.